The highest BCUT2D eigenvalue weighted by Gasteiger charge is 2.09. The summed E-state index contributed by atoms with van der Waals surface area (Å²) in [7, 11) is 0. The van der Waals surface area contributed by atoms with Crippen molar-refractivity contribution in [3.63, 3.8) is 0 Å². The minimum atomic E-state index is 0.403. The fourth-order valence-electron chi connectivity index (χ4n) is 1.47. The standard InChI is InChI=1S/C9H17N3/c1-7(2)6-8(3)12-9(10)4-5-11-12/h4-5,7-8H,6,10H2,1-3H3/t8-/m0/s1. The molecule has 2 N–H and O–H groups in total. The van der Waals surface area contributed by atoms with Gasteiger partial charge in [0.05, 0.1) is 12.2 Å². The van der Waals surface area contributed by atoms with Crippen LogP contribution in [0.25, 0.3) is 0 Å². The van der Waals surface area contributed by atoms with Crippen molar-refractivity contribution in [3.05, 3.63) is 12.3 Å². The maximum atomic E-state index is 5.72. The van der Waals surface area contributed by atoms with Gasteiger partial charge >= 0.3 is 0 Å². The summed E-state index contributed by atoms with van der Waals surface area (Å²) in [6.45, 7) is 6.55. The third kappa shape index (κ3) is 2.00. The fraction of sp³-hybridized carbons (Fsp3) is 0.667. The van der Waals surface area contributed by atoms with E-state index in [4.69, 9.17) is 5.73 Å². The molecule has 0 saturated heterocycles. The molecule has 0 aromatic carbocycles. The molecular formula is C9H17N3. The highest BCUT2D eigenvalue weighted by atomic mass is 15.3. The molecule has 0 aliphatic heterocycles. The molecular weight excluding hydrogens is 150 g/mol. The van der Waals surface area contributed by atoms with Crippen LogP contribution in [-0.4, -0.2) is 9.78 Å². The van der Waals surface area contributed by atoms with E-state index in [0.29, 0.717) is 12.0 Å². The van der Waals surface area contributed by atoms with E-state index in [2.05, 4.69) is 25.9 Å². The van der Waals surface area contributed by atoms with Crippen LogP contribution >= 0.6 is 0 Å². The molecule has 0 unspecified atom stereocenters. The van der Waals surface area contributed by atoms with E-state index in [1.54, 1.807) is 6.20 Å². The second kappa shape index (κ2) is 3.61. The molecule has 1 rings (SSSR count). The largest absolute Gasteiger partial charge is 0.384 e. The van der Waals surface area contributed by atoms with Gasteiger partial charge in [-0.05, 0) is 25.3 Å². The third-order valence-electron chi connectivity index (χ3n) is 1.93. The first kappa shape index (κ1) is 9.10. The zero-order chi connectivity index (χ0) is 9.14. The maximum absolute atomic E-state index is 5.72. The second-order valence-electron chi connectivity index (χ2n) is 3.68. The van der Waals surface area contributed by atoms with Crippen molar-refractivity contribution in [1.29, 1.82) is 0 Å². The molecule has 0 fully saturated rings. The highest BCUT2D eigenvalue weighted by Crippen LogP contribution is 2.18. The predicted molar refractivity (Wildman–Crippen MR) is 50.8 cm³/mol. The molecule has 0 aliphatic rings. The van der Waals surface area contributed by atoms with Gasteiger partial charge in [0.15, 0.2) is 0 Å². The van der Waals surface area contributed by atoms with Gasteiger partial charge in [0, 0.05) is 0 Å². The Hall–Kier alpha value is -0.990. The number of nitrogens with zero attached hydrogens (tertiary/aromatic N) is 2. The van der Waals surface area contributed by atoms with E-state index in [1.807, 2.05) is 10.7 Å². The summed E-state index contributed by atoms with van der Waals surface area (Å²) in [5, 5.41) is 4.16. The lowest BCUT2D eigenvalue weighted by Crippen LogP contribution is -2.11. The van der Waals surface area contributed by atoms with Gasteiger partial charge in [-0.1, -0.05) is 13.8 Å². The molecule has 1 heterocycles. The Kier molecular flexibility index (Phi) is 2.74. The van der Waals surface area contributed by atoms with Crippen LogP contribution in [0.1, 0.15) is 33.2 Å². The molecule has 1 aromatic heterocycles. The van der Waals surface area contributed by atoms with Gasteiger partial charge in [0.1, 0.15) is 5.82 Å². The number of anilines is 1. The molecule has 1 aromatic rings. The Morgan fingerprint density at radius 3 is 2.58 bits per heavy atom. The van der Waals surface area contributed by atoms with Gasteiger partial charge in [0.25, 0.3) is 0 Å². The molecule has 3 nitrogen and oxygen atoms in total. The molecule has 0 bridgehead atoms. The Morgan fingerprint density at radius 1 is 1.50 bits per heavy atom. The average Bonchev–Trinajstić information content (AvgIpc) is 2.33. The third-order valence-corrected chi connectivity index (χ3v) is 1.93. The van der Waals surface area contributed by atoms with Crippen molar-refractivity contribution < 1.29 is 0 Å². The van der Waals surface area contributed by atoms with Crippen LogP contribution < -0.4 is 5.73 Å². The van der Waals surface area contributed by atoms with Crippen LogP contribution in [0, 0.1) is 5.92 Å². The second-order valence-corrected chi connectivity index (χ2v) is 3.68. The molecule has 0 radical (unpaired) electrons. The lowest BCUT2D eigenvalue weighted by molar-refractivity contribution is 0.402. The van der Waals surface area contributed by atoms with Crippen molar-refractivity contribution in [3.8, 4) is 0 Å². The quantitative estimate of drug-likeness (QED) is 0.749. The van der Waals surface area contributed by atoms with Crippen molar-refractivity contribution >= 4 is 5.82 Å². The molecule has 12 heavy (non-hydrogen) atoms. The monoisotopic (exact) mass is 167 g/mol. The SMILES string of the molecule is CC(C)C[C@H](C)n1nccc1N. The zero-order valence-corrected chi connectivity index (χ0v) is 7.99. The summed E-state index contributed by atoms with van der Waals surface area (Å²) in [6, 6.07) is 2.23. The average molecular weight is 167 g/mol. The van der Waals surface area contributed by atoms with Crippen LogP contribution in [0.5, 0.6) is 0 Å². The first-order chi connectivity index (χ1) is 5.61. The Bertz CT molecular complexity index is 240. The van der Waals surface area contributed by atoms with E-state index in [9.17, 15) is 0 Å². The molecule has 0 saturated carbocycles. The zero-order valence-electron chi connectivity index (χ0n) is 7.99. The molecule has 68 valence electrons. The topological polar surface area (TPSA) is 43.8 Å². The molecule has 3 heteroatoms. The van der Waals surface area contributed by atoms with Gasteiger partial charge in [-0.3, -0.25) is 0 Å². The van der Waals surface area contributed by atoms with Gasteiger partial charge in [0.2, 0.25) is 0 Å². The summed E-state index contributed by atoms with van der Waals surface area (Å²) in [6.07, 6.45) is 2.86. The summed E-state index contributed by atoms with van der Waals surface area (Å²) in [4.78, 5) is 0. The number of nitrogens with two attached hydrogens (primary N) is 1. The van der Waals surface area contributed by atoms with Crippen LogP contribution in [0.4, 0.5) is 5.82 Å². The summed E-state index contributed by atoms with van der Waals surface area (Å²) in [5.41, 5.74) is 5.72. The maximum Gasteiger partial charge on any atom is 0.121 e. The van der Waals surface area contributed by atoms with Crippen molar-refractivity contribution in [2.24, 2.45) is 5.92 Å². The number of hydrogen-bond acceptors (Lipinski definition) is 2. The van der Waals surface area contributed by atoms with Gasteiger partial charge < -0.3 is 5.73 Å². The van der Waals surface area contributed by atoms with Gasteiger partial charge in [-0.25, -0.2) is 4.68 Å². The van der Waals surface area contributed by atoms with E-state index < -0.39 is 0 Å². The van der Waals surface area contributed by atoms with Crippen LogP contribution in [-0.2, 0) is 0 Å². The Morgan fingerprint density at radius 2 is 2.17 bits per heavy atom. The fourth-order valence-corrected chi connectivity index (χ4v) is 1.47. The first-order valence-electron chi connectivity index (χ1n) is 4.40. The number of hydrogen-bond donors (Lipinski definition) is 1. The van der Waals surface area contributed by atoms with Gasteiger partial charge in [-0.2, -0.15) is 5.10 Å². The number of nitrogen functional groups attached to an aromatic ring is 1. The van der Waals surface area contributed by atoms with Crippen LogP contribution in [0.2, 0.25) is 0 Å². The number of aromatic nitrogens is 2. The molecule has 0 amide bonds. The van der Waals surface area contributed by atoms with Gasteiger partial charge in [-0.15, -0.1) is 0 Å². The Balaban J connectivity index is 2.65. The summed E-state index contributed by atoms with van der Waals surface area (Å²) in [5.74, 6) is 1.44. The van der Waals surface area contributed by atoms with E-state index in [1.165, 1.54) is 0 Å². The molecule has 1 atom stereocenters. The highest BCUT2D eigenvalue weighted by molar-refractivity contribution is 5.26. The van der Waals surface area contributed by atoms with E-state index >= 15 is 0 Å². The summed E-state index contributed by atoms with van der Waals surface area (Å²) >= 11 is 0. The van der Waals surface area contributed by atoms with Crippen molar-refractivity contribution in [2.45, 2.75) is 33.2 Å². The Labute approximate surface area is 73.6 Å². The summed E-state index contributed by atoms with van der Waals surface area (Å²) < 4.78 is 1.88. The lowest BCUT2D eigenvalue weighted by atomic mass is 10.1. The lowest BCUT2D eigenvalue weighted by Gasteiger charge is -2.15. The predicted octanol–water partition coefficient (Wildman–Crippen LogP) is 2.07. The van der Waals surface area contributed by atoms with Crippen molar-refractivity contribution in [1.82, 2.24) is 9.78 Å². The van der Waals surface area contributed by atoms with Crippen LogP contribution in [0.15, 0.2) is 12.3 Å². The van der Waals surface area contributed by atoms with Crippen molar-refractivity contribution in [2.75, 3.05) is 5.73 Å². The first-order valence-corrected chi connectivity index (χ1v) is 4.40. The minimum Gasteiger partial charge on any atom is -0.384 e. The molecule has 0 spiro atoms. The number of rotatable bonds is 3. The smallest absolute Gasteiger partial charge is 0.121 e. The minimum absolute atomic E-state index is 0.403. The van der Waals surface area contributed by atoms with E-state index in [0.717, 1.165) is 12.2 Å². The molecule has 0 aliphatic carbocycles. The van der Waals surface area contributed by atoms with Crippen LogP contribution in [0.3, 0.4) is 0 Å². The normalized spacial score (nSPS) is 13.7. The van der Waals surface area contributed by atoms with E-state index in [-0.39, 0.29) is 0 Å².